The van der Waals surface area contributed by atoms with Crippen LogP contribution in [-0.2, 0) is 4.79 Å². The number of halogens is 1. The van der Waals surface area contributed by atoms with Gasteiger partial charge in [-0.05, 0) is 38.8 Å². The fourth-order valence-corrected chi connectivity index (χ4v) is 5.06. The van der Waals surface area contributed by atoms with Gasteiger partial charge >= 0.3 is 0 Å². The van der Waals surface area contributed by atoms with Gasteiger partial charge in [0.2, 0.25) is 5.91 Å². The molecule has 4 nitrogen and oxygen atoms in total. The summed E-state index contributed by atoms with van der Waals surface area (Å²) in [4.78, 5) is 15.1. The van der Waals surface area contributed by atoms with Crippen LogP contribution >= 0.6 is 24.2 Å². The molecule has 2 saturated heterocycles. The van der Waals surface area contributed by atoms with Gasteiger partial charge in [-0.3, -0.25) is 9.69 Å². The molecule has 0 unspecified atom stereocenters. The maximum Gasteiger partial charge on any atom is 0.223 e. The molecule has 2 heterocycles. The van der Waals surface area contributed by atoms with Crippen LogP contribution in [0.1, 0.15) is 38.5 Å². The normalized spacial score (nSPS) is 26.4. The van der Waals surface area contributed by atoms with Crippen LogP contribution in [0.5, 0.6) is 0 Å². The number of nitrogens with one attached hydrogen (secondary N) is 2. The van der Waals surface area contributed by atoms with E-state index in [1.807, 2.05) is 0 Å². The summed E-state index contributed by atoms with van der Waals surface area (Å²) in [5.74, 6) is 3.05. The lowest BCUT2D eigenvalue weighted by atomic mass is 9.93. The molecule has 3 aliphatic rings. The fourth-order valence-electron chi connectivity index (χ4n) is 4.16. The van der Waals surface area contributed by atoms with Gasteiger partial charge in [0.05, 0.1) is 0 Å². The molecule has 0 radical (unpaired) electrons. The minimum Gasteiger partial charge on any atom is -0.354 e. The molecule has 2 aliphatic heterocycles. The Bertz CT molecular complexity index is 351. The molecule has 1 aliphatic carbocycles. The van der Waals surface area contributed by atoms with Crippen LogP contribution in [0.15, 0.2) is 0 Å². The van der Waals surface area contributed by atoms with E-state index in [4.69, 9.17) is 0 Å². The van der Waals surface area contributed by atoms with E-state index >= 15 is 0 Å². The zero-order valence-electron chi connectivity index (χ0n) is 13.4. The highest BCUT2D eigenvalue weighted by atomic mass is 35.5. The van der Waals surface area contributed by atoms with Crippen molar-refractivity contribution in [1.82, 2.24) is 15.5 Å². The van der Waals surface area contributed by atoms with Crippen LogP contribution in [0.25, 0.3) is 0 Å². The molecule has 0 aromatic heterocycles. The number of hydrogen-bond acceptors (Lipinski definition) is 4. The Morgan fingerprint density at radius 1 is 1.18 bits per heavy atom. The Morgan fingerprint density at radius 2 is 1.82 bits per heavy atom. The molecule has 128 valence electrons. The summed E-state index contributed by atoms with van der Waals surface area (Å²) in [7, 11) is 0. The standard InChI is InChI=1S/C16H29N3OS.ClH/c20-15(14-3-7-17-8-4-14)18-13-16(5-1-2-6-16)19-9-11-21-12-10-19;/h14,17H,1-13H2,(H,18,20);1H. The van der Waals surface area contributed by atoms with Crippen LogP contribution in [-0.4, -0.2) is 60.6 Å². The van der Waals surface area contributed by atoms with Gasteiger partial charge in [0.15, 0.2) is 0 Å². The SMILES string of the molecule is Cl.O=C(NCC1(N2CCSCC2)CCCC1)C1CCNCC1. The predicted octanol–water partition coefficient (Wildman–Crippen LogP) is 1.89. The van der Waals surface area contributed by atoms with Gasteiger partial charge in [0.1, 0.15) is 0 Å². The van der Waals surface area contributed by atoms with Crippen LogP contribution in [0.2, 0.25) is 0 Å². The first-order valence-electron chi connectivity index (χ1n) is 8.61. The number of thioether (sulfide) groups is 1. The molecule has 3 rings (SSSR count). The second-order valence-corrected chi connectivity index (χ2v) is 8.00. The number of amides is 1. The molecule has 0 spiro atoms. The Balaban J connectivity index is 0.00000176. The summed E-state index contributed by atoms with van der Waals surface area (Å²) >= 11 is 2.07. The van der Waals surface area contributed by atoms with Crippen LogP contribution in [0.4, 0.5) is 0 Å². The minimum absolute atomic E-state index is 0. The highest BCUT2D eigenvalue weighted by Crippen LogP contribution is 2.36. The molecule has 22 heavy (non-hydrogen) atoms. The smallest absolute Gasteiger partial charge is 0.223 e. The van der Waals surface area contributed by atoms with Crippen molar-refractivity contribution in [3.05, 3.63) is 0 Å². The lowest BCUT2D eigenvalue weighted by Gasteiger charge is -2.43. The number of rotatable bonds is 4. The zero-order valence-corrected chi connectivity index (χ0v) is 15.1. The fraction of sp³-hybridized carbons (Fsp3) is 0.938. The first-order chi connectivity index (χ1) is 10.3. The maximum absolute atomic E-state index is 12.4. The largest absolute Gasteiger partial charge is 0.354 e. The van der Waals surface area contributed by atoms with E-state index in [1.165, 1.54) is 50.3 Å². The van der Waals surface area contributed by atoms with E-state index in [-0.39, 0.29) is 23.9 Å². The van der Waals surface area contributed by atoms with Gasteiger partial charge < -0.3 is 10.6 Å². The van der Waals surface area contributed by atoms with E-state index in [0.717, 1.165) is 32.5 Å². The summed E-state index contributed by atoms with van der Waals surface area (Å²) in [6, 6.07) is 0. The molecule has 2 N–H and O–H groups in total. The lowest BCUT2D eigenvalue weighted by molar-refractivity contribution is -0.126. The third kappa shape index (κ3) is 4.31. The van der Waals surface area contributed by atoms with Crippen LogP contribution < -0.4 is 10.6 Å². The first-order valence-corrected chi connectivity index (χ1v) is 9.77. The second-order valence-electron chi connectivity index (χ2n) is 6.77. The highest BCUT2D eigenvalue weighted by Gasteiger charge is 2.40. The van der Waals surface area contributed by atoms with Crippen molar-refractivity contribution in [1.29, 1.82) is 0 Å². The summed E-state index contributed by atoms with van der Waals surface area (Å²) in [5, 5.41) is 6.65. The number of piperidine rings is 1. The Labute approximate surface area is 144 Å². The maximum atomic E-state index is 12.4. The van der Waals surface area contributed by atoms with Gasteiger partial charge in [-0.1, -0.05) is 12.8 Å². The third-order valence-electron chi connectivity index (χ3n) is 5.52. The molecule has 0 aromatic carbocycles. The first kappa shape index (κ1) is 18.4. The minimum atomic E-state index is 0. The number of nitrogens with zero attached hydrogens (tertiary/aromatic N) is 1. The molecule has 0 aromatic rings. The molecule has 1 amide bonds. The van der Waals surface area contributed by atoms with Crippen molar-refractivity contribution < 1.29 is 4.79 Å². The number of hydrogen-bond donors (Lipinski definition) is 2. The van der Waals surface area contributed by atoms with Gasteiger partial charge in [-0.25, -0.2) is 0 Å². The molecule has 1 saturated carbocycles. The average molecular weight is 348 g/mol. The average Bonchev–Trinajstić information content (AvgIpc) is 3.04. The zero-order chi connectivity index (χ0) is 14.5. The van der Waals surface area contributed by atoms with E-state index in [2.05, 4.69) is 27.3 Å². The van der Waals surface area contributed by atoms with Crippen molar-refractivity contribution in [3.63, 3.8) is 0 Å². The quantitative estimate of drug-likeness (QED) is 0.815. The summed E-state index contributed by atoms with van der Waals surface area (Å²) in [6.07, 6.45) is 7.19. The molecular weight excluding hydrogens is 318 g/mol. The van der Waals surface area contributed by atoms with Crippen LogP contribution in [0, 0.1) is 5.92 Å². The summed E-state index contributed by atoms with van der Waals surface area (Å²) in [5.41, 5.74) is 0.267. The molecule has 0 bridgehead atoms. The van der Waals surface area contributed by atoms with Crippen molar-refractivity contribution in [2.75, 3.05) is 44.2 Å². The van der Waals surface area contributed by atoms with Gasteiger partial charge in [0, 0.05) is 42.6 Å². The van der Waals surface area contributed by atoms with Crippen molar-refractivity contribution in [3.8, 4) is 0 Å². The van der Waals surface area contributed by atoms with Crippen molar-refractivity contribution in [2.45, 2.75) is 44.1 Å². The Kier molecular flexibility index (Phi) is 7.32. The Morgan fingerprint density at radius 3 is 2.45 bits per heavy atom. The monoisotopic (exact) mass is 347 g/mol. The van der Waals surface area contributed by atoms with Gasteiger partial charge in [-0.2, -0.15) is 11.8 Å². The summed E-state index contributed by atoms with van der Waals surface area (Å²) < 4.78 is 0. The molecule has 3 fully saturated rings. The molecule has 0 atom stereocenters. The van der Waals surface area contributed by atoms with E-state index in [1.54, 1.807) is 0 Å². The van der Waals surface area contributed by atoms with E-state index in [9.17, 15) is 4.79 Å². The lowest BCUT2D eigenvalue weighted by Crippen LogP contribution is -2.57. The molecular formula is C16H30ClN3OS. The van der Waals surface area contributed by atoms with E-state index in [0.29, 0.717) is 5.91 Å². The van der Waals surface area contributed by atoms with Crippen LogP contribution in [0.3, 0.4) is 0 Å². The van der Waals surface area contributed by atoms with Gasteiger partial charge in [-0.15, -0.1) is 12.4 Å². The predicted molar refractivity (Wildman–Crippen MR) is 95.9 cm³/mol. The van der Waals surface area contributed by atoms with Crippen molar-refractivity contribution >= 4 is 30.1 Å². The Hall–Kier alpha value is 0.0300. The highest BCUT2D eigenvalue weighted by molar-refractivity contribution is 7.99. The third-order valence-corrected chi connectivity index (χ3v) is 6.46. The van der Waals surface area contributed by atoms with Crippen molar-refractivity contribution in [2.24, 2.45) is 5.92 Å². The molecule has 6 heteroatoms. The number of carbonyl (C=O) groups is 1. The van der Waals surface area contributed by atoms with E-state index < -0.39 is 0 Å². The topological polar surface area (TPSA) is 44.4 Å². The summed E-state index contributed by atoms with van der Waals surface area (Å²) in [6.45, 7) is 5.27. The van der Waals surface area contributed by atoms with Gasteiger partial charge in [0.25, 0.3) is 0 Å². The second kappa shape index (κ2) is 8.76. The number of carbonyl (C=O) groups excluding carboxylic acids is 1.